The van der Waals surface area contributed by atoms with E-state index >= 15 is 0 Å². The van der Waals surface area contributed by atoms with Gasteiger partial charge in [-0.2, -0.15) is 5.10 Å². The lowest BCUT2D eigenvalue weighted by Gasteiger charge is -2.31. The van der Waals surface area contributed by atoms with Crippen LogP contribution in [0.25, 0.3) is 10.8 Å². The third-order valence-corrected chi connectivity index (χ3v) is 4.84. The summed E-state index contributed by atoms with van der Waals surface area (Å²) in [7, 11) is 0. The Morgan fingerprint density at radius 1 is 1.22 bits per heavy atom. The minimum atomic E-state index is -0.0607. The number of nitrogens with zero attached hydrogens (tertiary/aromatic N) is 2. The van der Waals surface area contributed by atoms with Crippen molar-refractivity contribution < 1.29 is 0 Å². The number of thiophene rings is 1. The van der Waals surface area contributed by atoms with Crippen LogP contribution in [0.15, 0.2) is 52.8 Å². The molecule has 1 aromatic carbocycles. The molecule has 0 aliphatic carbocycles. The van der Waals surface area contributed by atoms with Crippen molar-refractivity contribution in [1.29, 1.82) is 0 Å². The van der Waals surface area contributed by atoms with Crippen LogP contribution in [0.4, 0.5) is 0 Å². The molecule has 1 N–H and O–H groups in total. The molecule has 0 aliphatic rings. The van der Waals surface area contributed by atoms with Gasteiger partial charge in [0, 0.05) is 16.3 Å². The second-order valence-corrected chi connectivity index (χ2v) is 7.69. The van der Waals surface area contributed by atoms with Gasteiger partial charge in [0.25, 0.3) is 5.56 Å². The molecule has 4 nitrogen and oxygen atoms in total. The normalized spacial score (nSPS) is 13.3. The predicted molar refractivity (Wildman–Crippen MR) is 95.7 cm³/mol. The minimum absolute atomic E-state index is 0.0469. The van der Waals surface area contributed by atoms with Crippen molar-refractivity contribution in [3.8, 4) is 0 Å². The summed E-state index contributed by atoms with van der Waals surface area (Å²) in [5, 5.41) is 11.4. The largest absolute Gasteiger partial charge is 0.290 e. The maximum absolute atomic E-state index is 12.5. The molecule has 0 unspecified atom stereocenters. The second kappa shape index (κ2) is 6.26. The van der Waals surface area contributed by atoms with Gasteiger partial charge < -0.3 is 0 Å². The van der Waals surface area contributed by atoms with Crippen molar-refractivity contribution in [2.45, 2.75) is 33.5 Å². The number of benzene rings is 1. The zero-order valence-corrected chi connectivity index (χ0v) is 14.4. The Kier molecular flexibility index (Phi) is 4.33. The number of nitrogens with one attached hydrogen (secondary N) is 1. The molecule has 0 fully saturated rings. The predicted octanol–water partition coefficient (Wildman–Crippen LogP) is 3.79. The fourth-order valence-corrected chi connectivity index (χ4v) is 3.75. The van der Waals surface area contributed by atoms with E-state index in [0.29, 0.717) is 12.1 Å². The maximum atomic E-state index is 12.5. The molecule has 0 aliphatic heterocycles. The van der Waals surface area contributed by atoms with Crippen LogP contribution in [0.5, 0.6) is 0 Å². The van der Waals surface area contributed by atoms with E-state index in [-0.39, 0.29) is 17.0 Å². The number of rotatable bonds is 4. The van der Waals surface area contributed by atoms with Crippen LogP contribution in [0, 0.1) is 5.41 Å². The summed E-state index contributed by atoms with van der Waals surface area (Å²) in [5.74, 6) is 0. The van der Waals surface area contributed by atoms with Crippen molar-refractivity contribution >= 4 is 22.1 Å². The highest BCUT2D eigenvalue weighted by Gasteiger charge is 2.26. The SMILES string of the molecule is CC(C)(C)[C@@H](NCn1ncc2ccccc2c1=O)c1cccs1. The van der Waals surface area contributed by atoms with Crippen LogP contribution in [-0.4, -0.2) is 9.78 Å². The van der Waals surface area contributed by atoms with Gasteiger partial charge in [-0.3, -0.25) is 10.1 Å². The lowest BCUT2D eigenvalue weighted by molar-refractivity contribution is 0.254. The lowest BCUT2D eigenvalue weighted by Crippen LogP contribution is -2.37. The molecule has 3 aromatic rings. The molecule has 2 aromatic heterocycles. The average Bonchev–Trinajstić information content (AvgIpc) is 3.02. The molecule has 5 heteroatoms. The third-order valence-electron chi connectivity index (χ3n) is 3.90. The fourth-order valence-electron chi connectivity index (χ4n) is 2.71. The first kappa shape index (κ1) is 15.9. The lowest BCUT2D eigenvalue weighted by atomic mass is 9.86. The standard InChI is InChI=1S/C18H21N3OS/c1-18(2,3)16(15-9-6-10-23-15)19-12-21-17(22)14-8-5-4-7-13(14)11-20-21/h4-11,16,19H,12H2,1-3H3/t16-/m0/s1. The first-order chi connectivity index (χ1) is 11.0. The van der Waals surface area contributed by atoms with Crippen molar-refractivity contribution in [2.75, 3.05) is 0 Å². The fraction of sp³-hybridized carbons (Fsp3) is 0.333. The Bertz CT molecular complexity index is 847. The Balaban J connectivity index is 1.87. The summed E-state index contributed by atoms with van der Waals surface area (Å²) in [6, 6.07) is 11.9. The van der Waals surface area contributed by atoms with Crippen LogP contribution in [-0.2, 0) is 6.67 Å². The van der Waals surface area contributed by atoms with Gasteiger partial charge >= 0.3 is 0 Å². The number of aromatic nitrogens is 2. The van der Waals surface area contributed by atoms with E-state index in [4.69, 9.17) is 0 Å². The van der Waals surface area contributed by atoms with Crippen molar-refractivity contribution in [3.63, 3.8) is 0 Å². The molecule has 120 valence electrons. The van der Waals surface area contributed by atoms with Crippen molar-refractivity contribution in [1.82, 2.24) is 15.1 Å². The van der Waals surface area contributed by atoms with E-state index in [1.54, 1.807) is 17.5 Å². The third kappa shape index (κ3) is 3.35. The molecule has 0 amide bonds. The van der Waals surface area contributed by atoms with E-state index < -0.39 is 0 Å². The molecule has 0 bridgehead atoms. The Morgan fingerprint density at radius 2 is 2.00 bits per heavy atom. The van der Waals surface area contributed by atoms with Crippen LogP contribution in [0.1, 0.15) is 31.7 Å². The Labute approximate surface area is 139 Å². The highest BCUT2D eigenvalue weighted by Crippen LogP contribution is 2.34. The summed E-state index contributed by atoms with van der Waals surface area (Å²) in [4.78, 5) is 13.8. The molecule has 23 heavy (non-hydrogen) atoms. The summed E-state index contributed by atoms with van der Waals surface area (Å²) in [6.07, 6.45) is 1.75. The first-order valence-electron chi connectivity index (χ1n) is 7.68. The van der Waals surface area contributed by atoms with Gasteiger partial charge in [-0.05, 0) is 22.9 Å². The molecule has 0 spiro atoms. The first-order valence-corrected chi connectivity index (χ1v) is 8.56. The van der Waals surface area contributed by atoms with Gasteiger partial charge in [-0.25, -0.2) is 4.68 Å². The quantitative estimate of drug-likeness (QED) is 0.793. The number of hydrogen-bond acceptors (Lipinski definition) is 4. The zero-order valence-electron chi connectivity index (χ0n) is 13.6. The summed E-state index contributed by atoms with van der Waals surface area (Å²) in [6.45, 7) is 6.98. The van der Waals surface area contributed by atoms with E-state index in [2.05, 4.69) is 48.7 Å². The molecule has 1 atom stereocenters. The summed E-state index contributed by atoms with van der Waals surface area (Å²) >= 11 is 1.73. The molecular weight excluding hydrogens is 306 g/mol. The second-order valence-electron chi connectivity index (χ2n) is 6.71. The topological polar surface area (TPSA) is 46.9 Å². The number of hydrogen-bond donors (Lipinski definition) is 1. The molecule has 0 saturated heterocycles. The summed E-state index contributed by atoms with van der Waals surface area (Å²) in [5.41, 5.74) is -0.0138. The Hall–Kier alpha value is -1.98. The van der Waals surface area contributed by atoms with Gasteiger partial charge in [-0.15, -0.1) is 11.3 Å². The van der Waals surface area contributed by atoms with Gasteiger partial charge in [0.05, 0.1) is 18.3 Å². The van der Waals surface area contributed by atoms with Gasteiger partial charge in [0.2, 0.25) is 0 Å². The van der Waals surface area contributed by atoms with Gasteiger partial charge in [0.15, 0.2) is 0 Å². The molecule has 2 heterocycles. The highest BCUT2D eigenvalue weighted by atomic mass is 32.1. The maximum Gasteiger partial charge on any atom is 0.275 e. The molecule has 0 radical (unpaired) electrons. The van der Waals surface area contributed by atoms with Gasteiger partial charge in [0.1, 0.15) is 0 Å². The van der Waals surface area contributed by atoms with Crippen LogP contribution >= 0.6 is 11.3 Å². The monoisotopic (exact) mass is 327 g/mol. The summed E-state index contributed by atoms with van der Waals surface area (Å²) < 4.78 is 1.49. The molecular formula is C18H21N3OS. The molecule has 0 saturated carbocycles. The number of fused-ring (bicyclic) bond motifs is 1. The highest BCUT2D eigenvalue weighted by molar-refractivity contribution is 7.10. The van der Waals surface area contributed by atoms with E-state index in [1.807, 2.05) is 24.3 Å². The zero-order chi connectivity index (χ0) is 16.4. The van der Waals surface area contributed by atoms with Crippen LogP contribution in [0.2, 0.25) is 0 Å². The van der Waals surface area contributed by atoms with Gasteiger partial charge in [-0.1, -0.05) is 45.0 Å². The van der Waals surface area contributed by atoms with Crippen molar-refractivity contribution in [3.05, 3.63) is 63.2 Å². The van der Waals surface area contributed by atoms with Crippen LogP contribution < -0.4 is 10.9 Å². The average molecular weight is 327 g/mol. The van der Waals surface area contributed by atoms with E-state index in [0.717, 1.165) is 5.39 Å². The van der Waals surface area contributed by atoms with E-state index in [1.165, 1.54) is 9.56 Å². The van der Waals surface area contributed by atoms with E-state index in [9.17, 15) is 4.79 Å². The minimum Gasteiger partial charge on any atom is -0.290 e. The molecule has 3 rings (SSSR count). The smallest absolute Gasteiger partial charge is 0.275 e. The Morgan fingerprint density at radius 3 is 2.70 bits per heavy atom. The van der Waals surface area contributed by atoms with Crippen molar-refractivity contribution in [2.24, 2.45) is 5.41 Å². The van der Waals surface area contributed by atoms with Crippen LogP contribution in [0.3, 0.4) is 0 Å².